The molecule has 4 rings (SSSR count). The first kappa shape index (κ1) is 20.3. The zero-order valence-corrected chi connectivity index (χ0v) is 18.1. The van der Waals surface area contributed by atoms with Crippen molar-refractivity contribution in [3.8, 4) is 0 Å². The van der Waals surface area contributed by atoms with Crippen LogP contribution in [-0.4, -0.2) is 30.0 Å². The first-order valence-corrected chi connectivity index (χ1v) is 11.4. The van der Waals surface area contributed by atoms with Crippen molar-refractivity contribution >= 4 is 23.5 Å². The molecule has 0 aliphatic heterocycles. The van der Waals surface area contributed by atoms with Crippen LogP contribution in [0.2, 0.25) is 0 Å². The lowest BCUT2D eigenvalue weighted by atomic mass is 9.47. The third-order valence-electron chi connectivity index (χ3n) is 8.68. The minimum Gasteiger partial charge on any atom is -0.462 e. The Morgan fingerprint density at radius 2 is 1.86 bits per heavy atom. The van der Waals surface area contributed by atoms with E-state index in [9.17, 15) is 9.59 Å². The van der Waals surface area contributed by atoms with Gasteiger partial charge in [0.15, 0.2) is 0 Å². The van der Waals surface area contributed by atoms with E-state index in [4.69, 9.17) is 21.1 Å². The fraction of sp³-hybridized carbons (Fsp3) is 0.826. The predicted octanol–water partition coefficient (Wildman–Crippen LogP) is 5.03. The van der Waals surface area contributed by atoms with E-state index in [-0.39, 0.29) is 40.9 Å². The molecule has 0 aromatic rings. The molecule has 0 amide bonds. The van der Waals surface area contributed by atoms with Gasteiger partial charge in [0.25, 0.3) is 0 Å². The maximum atomic E-state index is 11.6. The molecule has 4 nitrogen and oxygen atoms in total. The molecular weight excluding hydrogens is 376 g/mol. The number of alkyl halides is 1. The Balaban J connectivity index is 1.54. The zero-order chi connectivity index (χ0) is 20.1. The molecule has 28 heavy (non-hydrogen) atoms. The molecule has 156 valence electrons. The van der Waals surface area contributed by atoms with Crippen molar-refractivity contribution in [2.45, 2.75) is 84.3 Å². The van der Waals surface area contributed by atoms with Crippen molar-refractivity contribution in [2.24, 2.45) is 28.6 Å². The summed E-state index contributed by atoms with van der Waals surface area (Å²) >= 11 is 5.61. The molecular formula is C23H33ClO4. The number of carbonyl (C=O) groups is 2. The van der Waals surface area contributed by atoms with Gasteiger partial charge in [-0.25, -0.2) is 0 Å². The van der Waals surface area contributed by atoms with Gasteiger partial charge in [0.2, 0.25) is 0 Å². The highest BCUT2D eigenvalue weighted by Gasteiger charge is 2.59. The van der Waals surface area contributed by atoms with Gasteiger partial charge < -0.3 is 9.47 Å². The van der Waals surface area contributed by atoms with E-state index in [0.29, 0.717) is 17.8 Å². The van der Waals surface area contributed by atoms with E-state index in [1.807, 2.05) is 0 Å². The summed E-state index contributed by atoms with van der Waals surface area (Å²) in [4.78, 5) is 23.2. The SMILES string of the molecule is CC(=O)O[C@H]1CC[C@H]2[C@@H]3CCC4=C[C@H](OC(=O)CCl)CC[C@]4(C)[C@H]3CC[C@]12C. The minimum atomic E-state index is -0.322. The largest absolute Gasteiger partial charge is 0.462 e. The first-order chi connectivity index (χ1) is 13.3. The van der Waals surface area contributed by atoms with Gasteiger partial charge in [-0.15, -0.1) is 11.6 Å². The quantitative estimate of drug-likeness (QED) is 0.373. The Kier molecular flexibility index (Phi) is 5.31. The van der Waals surface area contributed by atoms with Crippen molar-refractivity contribution in [1.82, 2.24) is 0 Å². The maximum Gasteiger partial charge on any atom is 0.321 e. The fourth-order valence-electron chi connectivity index (χ4n) is 7.34. The van der Waals surface area contributed by atoms with Crippen LogP contribution in [0.5, 0.6) is 0 Å². The highest BCUT2D eigenvalue weighted by atomic mass is 35.5. The highest BCUT2D eigenvalue weighted by molar-refractivity contribution is 6.26. The van der Waals surface area contributed by atoms with Crippen LogP contribution in [0.25, 0.3) is 0 Å². The molecule has 0 saturated heterocycles. The van der Waals surface area contributed by atoms with E-state index in [0.717, 1.165) is 32.1 Å². The molecule has 0 bridgehead atoms. The van der Waals surface area contributed by atoms with E-state index in [1.165, 1.54) is 31.8 Å². The Bertz CT molecular complexity index is 688. The van der Waals surface area contributed by atoms with Gasteiger partial charge in [-0.1, -0.05) is 19.4 Å². The van der Waals surface area contributed by atoms with Crippen LogP contribution >= 0.6 is 11.6 Å². The second-order valence-corrected chi connectivity index (χ2v) is 10.2. The summed E-state index contributed by atoms with van der Waals surface area (Å²) in [5, 5.41) is 0. The van der Waals surface area contributed by atoms with Crippen LogP contribution in [0.1, 0.15) is 72.1 Å². The maximum absolute atomic E-state index is 11.6. The molecule has 0 aromatic heterocycles. The van der Waals surface area contributed by atoms with E-state index in [1.54, 1.807) is 0 Å². The van der Waals surface area contributed by atoms with Gasteiger partial charge in [-0.05, 0) is 80.6 Å². The average Bonchev–Trinajstić information content (AvgIpc) is 2.98. The van der Waals surface area contributed by atoms with Crippen molar-refractivity contribution < 1.29 is 19.1 Å². The standard InChI is InChI=1S/C23H33ClO4/c1-14(25)27-20-7-6-18-17-5-4-15-12-16(28-21(26)13-24)8-10-22(15,2)19(17)9-11-23(18,20)3/h12,16-20H,4-11,13H2,1-3H3/t16-,17+,18+,19+,20+,22+,23+/m1/s1. The summed E-state index contributed by atoms with van der Waals surface area (Å²) in [5.41, 5.74) is 1.84. The smallest absolute Gasteiger partial charge is 0.321 e. The number of hydrogen-bond acceptors (Lipinski definition) is 4. The fourth-order valence-corrected chi connectivity index (χ4v) is 7.40. The Morgan fingerprint density at radius 1 is 1.07 bits per heavy atom. The average molecular weight is 409 g/mol. The molecule has 4 aliphatic rings. The molecule has 0 unspecified atom stereocenters. The Labute approximate surface area is 173 Å². The van der Waals surface area contributed by atoms with E-state index in [2.05, 4.69) is 19.9 Å². The number of allylic oxidation sites excluding steroid dienone is 1. The van der Waals surface area contributed by atoms with E-state index >= 15 is 0 Å². The van der Waals surface area contributed by atoms with Crippen LogP contribution in [0.3, 0.4) is 0 Å². The molecule has 0 N–H and O–H groups in total. The van der Waals surface area contributed by atoms with Gasteiger partial charge in [0, 0.05) is 12.3 Å². The van der Waals surface area contributed by atoms with Crippen LogP contribution < -0.4 is 0 Å². The summed E-state index contributed by atoms with van der Waals surface area (Å²) < 4.78 is 11.3. The monoisotopic (exact) mass is 408 g/mol. The third kappa shape index (κ3) is 3.20. The number of esters is 2. The molecule has 0 aromatic carbocycles. The Morgan fingerprint density at radius 3 is 2.57 bits per heavy atom. The number of halogens is 1. The number of fused-ring (bicyclic) bond motifs is 5. The molecule has 4 aliphatic carbocycles. The lowest BCUT2D eigenvalue weighted by Gasteiger charge is -2.58. The van der Waals surface area contributed by atoms with Gasteiger partial charge in [0.05, 0.1) is 0 Å². The first-order valence-electron chi connectivity index (χ1n) is 10.9. The summed E-state index contributed by atoms with van der Waals surface area (Å²) in [5.74, 6) is 1.51. The summed E-state index contributed by atoms with van der Waals surface area (Å²) in [6, 6.07) is 0. The Hall–Kier alpha value is -1.03. The molecule has 5 heteroatoms. The number of hydrogen-bond donors (Lipinski definition) is 0. The molecule has 7 atom stereocenters. The van der Waals surface area contributed by atoms with Crippen molar-refractivity contribution in [1.29, 1.82) is 0 Å². The summed E-state index contributed by atoms with van der Waals surface area (Å²) in [7, 11) is 0. The molecule has 3 fully saturated rings. The molecule has 3 saturated carbocycles. The summed E-state index contributed by atoms with van der Waals surface area (Å²) in [6.07, 6.45) is 11.0. The zero-order valence-electron chi connectivity index (χ0n) is 17.3. The second kappa shape index (κ2) is 7.34. The van der Waals surface area contributed by atoms with Crippen LogP contribution in [-0.2, 0) is 19.1 Å². The number of rotatable bonds is 3. The lowest BCUT2D eigenvalue weighted by Crippen LogP contribution is -2.52. The van der Waals surface area contributed by atoms with Gasteiger partial charge in [0.1, 0.15) is 18.1 Å². The predicted molar refractivity (Wildman–Crippen MR) is 108 cm³/mol. The van der Waals surface area contributed by atoms with Gasteiger partial charge in [-0.3, -0.25) is 9.59 Å². The minimum absolute atomic E-state index is 0.0780. The van der Waals surface area contributed by atoms with Gasteiger partial charge in [-0.2, -0.15) is 0 Å². The van der Waals surface area contributed by atoms with Gasteiger partial charge >= 0.3 is 11.9 Å². The lowest BCUT2D eigenvalue weighted by molar-refractivity contribution is -0.157. The van der Waals surface area contributed by atoms with Crippen LogP contribution in [0.4, 0.5) is 0 Å². The number of carbonyl (C=O) groups excluding carboxylic acids is 2. The van der Waals surface area contributed by atoms with Crippen molar-refractivity contribution in [3.05, 3.63) is 11.6 Å². The van der Waals surface area contributed by atoms with Crippen LogP contribution in [0.15, 0.2) is 11.6 Å². The highest BCUT2D eigenvalue weighted by Crippen LogP contribution is 2.65. The topological polar surface area (TPSA) is 52.6 Å². The van der Waals surface area contributed by atoms with E-state index < -0.39 is 0 Å². The molecule has 0 spiro atoms. The van der Waals surface area contributed by atoms with Crippen LogP contribution in [0, 0.1) is 28.6 Å². The summed E-state index contributed by atoms with van der Waals surface area (Å²) in [6.45, 7) is 6.34. The van der Waals surface area contributed by atoms with Crippen molar-refractivity contribution in [3.63, 3.8) is 0 Å². The van der Waals surface area contributed by atoms with Crippen molar-refractivity contribution in [2.75, 3.05) is 5.88 Å². The molecule has 0 heterocycles. The molecule has 0 radical (unpaired) electrons. The third-order valence-corrected chi connectivity index (χ3v) is 8.90. The normalized spacial score (nSPS) is 44.6. The second-order valence-electron chi connectivity index (χ2n) is 9.95. The number of ether oxygens (including phenoxy) is 2.